The first-order chi connectivity index (χ1) is 44.4. The van der Waals surface area contributed by atoms with E-state index in [9.17, 15) is 0 Å². The predicted molar refractivity (Wildman–Crippen MR) is 384 cm³/mol. The van der Waals surface area contributed by atoms with Crippen molar-refractivity contribution < 1.29 is 47.4 Å². The summed E-state index contributed by atoms with van der Waals surface area (Å²) in [5.74, 6) is 8.78. The van der Waals surface area contributed by atoms with E-state index in [0.717, 1.165) is 98.0 Å². The van der Waals surface area contributed by atoms with Gasteiger partial charge in [-0.3, -0.25) is 0 Å². The van der Waals surface area contributed by atoms with Crippen LogP contribution in [0.15, 0.2) is 185 Å². The number of hydrogen-bond donors (Lipinski definition) is 0. The molecular weight excluding hydrogens is 1140 g/mol. The maximum absolute atomic E-state index is 6.14. The van der Waals surface area contributed by atoms with E-state index in [1.54, 1.807) is 12.2 Å². The highest BCUT2D eigenvalue weighted by Crippen LogP contribution is 2.54. The number of benzene rings is 6. The topological polar surface area (TPSA) is 92.3 Å². The Hall–Kier alpha value is -7.60. The molecule has 1 atom stereocenters. The summed E-state index contributed by atoms with van der Waals surface area (Å²) in [4.78, 5) is 0. The van der Waals surface area contributed by atoms with E-state index in [1.807, 2.05) is 211 Å². The minimum atomic E-state index is -0.199. The number of rotatable bonds is 26. The summed E-state index contributed by atoms with van der Waals surface area (Å²) in [5.41, 5.74) is 6.40. The van der Waals surface area contributed by atoms with Crippen LogP contribution < -0.4 is 28.4 Å². The van der Waals surface area contributed by atoms with E-state index in [2.05, 4.69) is 60.2 Å². The molecule has 0 saturated heterocycles. The number of hydrogen-bond acceptors (Lipinski definition) is 10. The molecule has 496 valence electrons. The molecular formula is C82H108O10. The summed E-state index contributed by atoms with van der Waals surface area (Å²) in [6.45, 7) is 42.8. The lowest BCUT2D eigenvalue weighted by Crippen LogP contribution is -2.49. The van der Waals surface area contributed by atoms with Crippen LogP contribution in [0, 0.1) is 23.7 Å². The predicted octanol–water partition coefficient (Wildman–Crippen LogP) is 21.7. The van der Waals surface area contributed by atoms with Crippen molar-refractivity contribution in [3.8, 4) is 34.5 Å². The van der Waals surface area contributed by atoms with E-state index < -0.39 is 0 Å². The summed E-state index contributed by atoms with van der Waals surface area (Å²) in [7, 11) is 0. The maximum Gasteiger partial charge on any atom is 0.196 e. The molecule has 10 heteroatoms. The third-order valence-corrected chi connectivity index (χ3v) is 16.3. The fourth-order valence-corrected chi connectivity index (χ4v) is 11.3. The van der Waals surface area contributed by atoms with Crippen molar-refractivity contribution in [2.75, 3.05) is 33.6 Å². The van der Waals surface area contributed by atoms with Crippen molar-refractivity contribution in [1.29, 1.82) is 0 Å². The third-order valence-electron chi connectivity index (χ3n) is 16.3. The molecule has 6 aromatic carbocycles. The second-order valence-corrected chi connectivity index (χ2v) is 25.0. The Bertz CT molecular complexity index is 2980. The Balaban J connectivity index is 0.000000203. The van der Waals surface area contributed by atoms with Crippen LogP contribution in [-0.4, -0.2) is 63.3 Å². The monoisotopic (exact) mass is 1250 g/mol. The smallest absolute Gasteiger partial charge is 0.196 e. The molecule has 0 heterocycles. The highest BCUT2D eigenvalue weighted by molar-refractivity contribution is 5.52. The third kappa shape index (κ3) is 28.9. The van der Waals surface area contributed by atoms with Crippen molar-refractivity contribution in [2.45, 2.75) is 163 Å². The lowest BCUT2D eigenvalue weighted by atomic mass is 9.55. The molecule has 5 aliphatic carbocycles. The first-order valence-electron chi connectivity index (χ1n) is 33.1. The van der Waals surface area contributed by atoms with Gasteiger partial charge in [0.05, 0.1) is 12.2 Å². The van der Waals surface area contributed by atoms with Crippen molar-refractivity contribution >= 4 is 36.5 Å². The molecule has 92 heavy (non-hydrogen) atoms. The van der Waals surface area contributed by atoms with Crippen molar-refractivity contribution in [1.82, 2.24) is 0 Å². The summed E-state index contributed by atoms with van der Waals surface area (Å²) in [6, 6.07) is 47.2. The van der Waals surface area contributed by atoms with Crippen molar-refractivity contribution in [3.05, 3.63) is 218 Å². The molecule has 5 saturated carbocycles. The van der Waals surface area contributed by atoms with Crippen molar-refractivity contribution in [3.63, 3.8) is 0 Å². The fourth-order valence-electron chi connectivity index (χ4n) is 11.3. The van der Waals surface area contributed by atoms with Crippen LogP contribution in [0.25, 0.3) is 36.5 Å². The highest BCUT2D eigenvalue weighted by atomic mass is 16.7. The summed E-state index contributed by atoms with van der Waals surface area (Å²) >= 11 is 0. The molecule has 0 aliphatic heterocycles. The summed E-state index contributed by atoms with van der Waals surface area (Å²) in [5, 5.41) is 0. The first-order valence-corrected chi connectivity index (χ1v) is 33.1. The van der Waals surface area contributed by atoms with Crippen LogP contribution in [-0.2, 0) is 18.9 Å². The van der Waals surface area contributed by atoms with Gasteiger partial charge in [0.15, 0.2) is 26.7 Å². The summed E-state index contributed by atoms with van der Waals surface area (Å²) < 4.78 is 55.7. The largest absolute Gasteiger partial charge is 0.488 e. The lowest BCUT2D eigenvalue weighted by molar-refractivity contribution is -0.155. The second kappa shape index (κ2) is 41.1. The van der Waals surface area contributed by atoms with Crippen molar-refractivity contribution in [2.24, 2.45) is 23.7 Å². The van der Waals surface area contributed by atoms with Gasteiger partial charge in [0.1, 0.15) is 45.7 Å². The van der Waals surface area contributed by atoms with Crippen LogP contribution in [0.3, 0.4) is 0 Å². The molecule has 0 amide bonds. The average Bonchev–Trinajstić information content (AvgIpc) is 0.789. The van der Waals surface area contributed by atoms with Gasteiger partial charge >= 0.3 is 0 Å². The molecule has 1 unspecified atom stereocenters. The molecule has 0 N–H and O–H groups in total. The number of ether oxygens (including phenoxy) is 10. The highest BCUT2D eigenvalue weighted by Gasteiger charge is 2.48. The Morgan fingerprint density at radius 2 is 0.761 bits per heavy atom. The van der Waals surface area contributed by atoms with Crippen LogP contribution in [0.5, 0.6) is 34.5 Å². The Labute approximate surface area is 554 Å². The van der Waals surface area contributed by atoms with Crippen LogP contribution in [0.2, 0.25) is 0 Å². The Morgan fingerprint density at radius 1 is 0.413 bits per heavy atom. The zero-order chi connectivity index (χ0) is 66.6. The summed E-state index contributed by atoms with van der Waals surface area (Å²) in [6.07, 6.45) is 25.9. The minimum absolute atomic E-state index is 0.0876. The minimum Gasteiger partial charge on any atom is -0.488 e. The normalized spacial score (nSPS) is 17.9. The zero-order valence-electron chi connectivity index (χ0n) is 57.0. The zero-order valence-corrected chi connectivity index (χ0v) is 57.0. The molecule has 6 aromatic rings. The molecule has 5 fully saturated rings. The SMILES string of the molecule is C=Cc1ccc(OC(C)(C)C)cc1.C=Cc1ccc(OC(C)(C)CC)cc1.C=Cc1ccc(OC(C)OCC)cc1.C=Cc1ccc(OCOC2C3CC4CC(C3)CC2C4)cc1.C=Cc1ccc(OCOC2CCCCC2)cc1.C=Cc1ccc(OCOCC)cc1. The van der Waals surface area contributed by atoms with Gasteiger partial charge in [0.25, 0.3) is 0 Å². The fraction of sp³-hybridized carbons (Fsp3) is 0.415. The second-order valence-electron chi connectivity index (χ2n) is 25.0. The van der Waals surface area contributed by atoms with E-state index in [4.69, 9.17) is 47.4 Å². The molecule has 0 spiro atoms. The Kier molecular flexibility index (Phi) is 33.5. The van der Waals surface area contributed by atoms with Crippen LogP contribution in [0.1, 0.15) is 166 Å². The van der Waals surface area contributed by atoms with Gasteiger partial charge in [-0.2, -0.15) is 0 Å². The lowest BCUT2D eigenvalue weighted by Gasteiger charge is -2.53. The van der Waals surface area contributed by atoms with Gasteiger partial charge in [0, 0.05) is 13.2 Å². The van der Waals surface area contributed by atoms with Gasteiger partial charge in [0.2, 0.25) is 0 Å². The standard InChI is InChI=1S/C19H24O2.C15H20O2.C13H18O.C12H16O2.C12H16O.C11H14O2/c1-2-13-3-5-18(6-4-13)20-12-21-19-16-8-14-7-15(10-16)11-17(19)9-14;1-2-13-8-10-15(11-9-13)17-12-16-14-6-4-3-5-7-14;1-5-11-7-9-12(10-8-11)14-13(3,4)6-2;1-4-11-6-8-12(9-7-11)14-10(3)13-5-2;1-5-10-6-8-11(9-7-10)13-12(2,3)4;1-3-10-5-7-11(8-6-10)13-9-12-4-2/h2-6,14-17,19H,1,7-12H2;2,8-11,14H,1,3-7,12H2;5,7-10H,1,6H2,2-4H3;4,6-10H,1,5H2,2-3H3;5-9H,1H2,2-4H3;3,5-8H,1,4,9H2,2H3. The quantitative estimate of drug-likeness (QED) is 0.0386. The molecule has 10 nitrogen and oxygen atoms in total. The van der Waals surface area contributed by atoms with Gasteiger partial charge in [-0.25, -0.2) is 0 Å². The van der Waals surface area contributed by atoms with Gasteiger partial charge in [-0.05, 0) is 237 Å². The Morgan fingerprint density at radius 3 is 1.11 bits per heavy atom. The molecule has 4 bridgehead atoms. The maximum atomic E-state index is 6.14. The first kappa shape index (κ1) is 75.1. The van der Waals surface area contributed by atoms with E-state index in [1.165, 1.54) is 64.2 Å². The average molecular weight is 1250 g/mol. The van der Waals surface area contributed by atoms with Crippen LogP contribution >= 0.6 is 0 Å². The molecule has 0 aromatic heterocycles. The van der Waals surface area contributed by atoms with Crippen LogP contribution in [0.4, 0.5) is 0 Å². The van der Waals surface area contributed by atoms with E-state index in [0.29, 0.717) is 45.8 Å². The molecule has 0 radical (unpaired) electrons. The van der Waals surface area contributed by atoms with E-state index >= 15 is 0 Å². The van der Waals surface area contributed by atoms with Gasteiger partial charge in [-0.1, -0.05) is 175 Å². The van der Waals surface area contributed by atoms with E-state index in [-0.39, 0.29) is 17.5 Å². The molecule has 11 rings (SSSR count). The van der Waals surface area contributed by atoms with Gasteiger partial charge in [-0.15, -0.1) is 0 Å². The van der Waals surface area contributed by atoms with Gasteiger partial charge < -0.3 is 47.4 Å². The molecule has 5 aliphatic rings.